The molecule has 56 valence electrons. The summed E-state index contributed by atoms with van der Waals surface area (Å²) in [6.07, 6.45) is 2.45. The molecule has 0 unspecified atom stereocenters. The van der Waals surface area contributed by atoms with E-state index in [-0.39, 0.29) is 6.09 Å². The van der Waals surface area contributed by atoms with Crippen molar-refractivity contribution in [3.05, 3.63) is 12.7 Å². The summed E-state index contributed by atoms with van der Waals surface area (Å²) in [5.74, 6) is 0. The summed E-state index contributed by atoms with van der Waals surface area (Å²) < 4.78 is 4.72. The number of hydrogen-bond donors (Lipinski definition) is 0. The zero-order valence-electron chi connectivity index (χ0n) is 5.88. The molecule has 0 bridgehead atoms. The topological polar surface area (TPSA) is 29.5 Å². The highest BCUT2D eigenvalue weighted by atomic mass is 16.6. The molecule has 0 radical (unpaired) electrons. The third-order valence-electron chi connectivity index (χ3n) is 1.45. The third-order valence-corrected chi connectivity index (χ3v) is 1.45. The average molecular weight is 141 g/mol. The Morgan fingerprint density at radius 3 is 3.10 bits per heavy atom. The van der Waals surface area contributed by atoms with E-state index in [0.29, 0.717) is 6.61 Å². The molecule has 1 heterocycles. The first-order valence-corrected chi connectivity index (χ1v) is 3.37. The van der Waals surface area contributed by atoms with Crippen LogP contribution in [0, 0.1) is 0 Å². The van der Waals surface area contributed by atoms with Crippen LogP contribution in [0.15, 0.2) is 12.7 Å². The number of rotatable bonds is 3. The van der Waals surface area contributed by atoms with Crippen LogP contribution in [0.4, 0.5) is 4.79 Å². The van der Waals surface area contributed by atoms with Gasteiger partial charge in [-0.05, 0) is 6.42 Å². The minimum absolute atomic E-state index is 0.193. The maximum atomic E-state index is 10.7. The second kappa shape index (κ2) is 3.25. The molecule has 1 aliphatic heterocycles. The van der Waals surface area contributed by atoms with E-state index in [1.807, 2.05) is 0 Å². The van der Waals surface area contributed by atoms with Crippen LogP contribution in [-0.4, -0.2) is 30.7 Å². The standard InChI is InChI=1S/C7H11NO2/c1-2-3-4-8-5-6-10-7(8)9/h2H,1,3-6H2. The molecule has 0 spiro atoms. The van der Waals surface area contributed by atoms with Crippen LogP contribution in [0.3, 0.4) is 0 Å². The quantitative estimate of drug-likeness (QED) is 0.549. The Morgan fingerprint density at radius 2 is 2.60 bits per heavy atom. The molecule has 0 aromatic rings. The number of nitrogens with zero attached hydrogens (tertiary/aromatic N) is 1. The summed E-state index contributed by atoms with van der Waals surface area (Å²) in [4.78, 5) is 12.4. The number of amides is 1. The van der Waals surface area contributed by atoms with Gasteiger partial charge in [0.05, 0.1) is 6.54 Å². The molecular weight excluding hydrogens is 130 g/mol. The molecule has 0 aromatic carbocycles. The Bertz CT molecular complexity index is 145. The first-order valence-electron chi connectivity index (χ1n) is 3.37. The first-order chi connectivity index (χ1) is 4.84. The maximum Gasteiger partial charge on any atom is 0.409 e. The van der Waals surface area contributed by atoms with Gasteiger partial charge in [0.1, 0.15) is 6.61 Å². The van der Waals surface area contributed by atoms with Crippen molar-refractivity contribution in [3.8, 4) is 0 Å². The lowest BCUT2D eigenvalue weighted by atomic mass is 10.4. The van der Waals surface area contributed by atoms with Crippen LogP contribution in [0.1, 0.15) is 6.42 Å². The largest absolute Gasteiger partial charge is 0.448 e. The highest BCUT2D eigenvalue weighted by molar-refractivity contribution is 5.69. The molecule has 0 N–H and O–H groups in total. The molecule has 1 fully saturated rings. The summed E-state index contributed by atoms with van der Waals surface area (Å²) in [7, 11) is 0. The van der Waals surface area contributed by atoms with Gasteiger partial charge >= 0.3 is 6.09 Å². The smallest absolute Gasteiger partial charge is 0.409 e. The molecule has 3 nitrogen and oxygen atoms in total. The fourth-order valence-electron chi connectivity index (χ4n) is 0.876. The van der Waals surface area contributed by atoms with Crippen molar-refractivity contribution in [1.82, 2.24) is 4.90 Å². The number of ether oxygens (including phenoxy) is 1. The lowest BCUT2D eigenvalue weighted by Gasteiger charge is -2.09. The fraction of sp³-hybridized carbons (Fsp3) is 0.571. The molecule has 1 saturated heterocycles. The van der Waals surface area contributed by atoms with Crippen molar-refractivity contribution in [2.24, 2.45) is 0 Å². The van der Waals surface area contributed by atoms with Crippen LogP contribution in [0.2, 0.25) is 0 Å². The SMILES string of the molecule is C=CCCN1CCOC1=O. The van der Waals surface area contributed by atoms with Gasteiger partial charge in [-0.1, -0.05) is 6.08 Å². The van der Waals surface area contributed by atoms with Gasteiger partial charge in [-0.15, -0.1) is 6.58 Å². The molecule has 0 aliphatic carbocycles. The molecule has 1 aliphatic rings. The van der Waals surface area contributed by atoms with Crippen molar-refractivity contribution in [2.75, 3.05) is 19.7 Å². The molecule has 3 heteroatoms. The summed E-state index contributed by atoms with van der Waals surface area (Å²) >= 11 is 0. The summed E-state index contributed by atoms with van der Waals surface area (Å²) in [5.41, 5.74) is 0. The highest BCUT2D eigenvalue weighted by Crippen LogP contribution is 2.03. The number of carbonyl (C=O) groups is 1. The normalized spacial score (nSPS) is 17.2. The Morgan fingerprint density at radius 1 is 1.80 bits per heavy atom. The third kappa shape index (κ3) is 1.50. The number of hydrogen-bond acceptors (Lipinski definition) is 2. The first kappa shape index (κ1) is 7.12. The lowest BCUT2D eigenvalue weighted by Crippen LogP contribution is -2.24. The van der Waals surface area contributed by atoms with Crippen molar-refractivity contribution < 1.29 is 9.53 Å². The monoisotopic (exact) mass is 141 g/mol. The van der Waals surface area contributed by atoms with Gasteiger partial charge in [-0.2, -0.15) is 0 Å². The van der Waals surface area contributed by atoms with Gasteiger partial charge in [0.25, 0.3) is 0 Å². The van der Waals surface area contributed by atoms with Crippen molar-refractivity contribution in [3.63, 3.8) is 0 Å². The van der Waals surface area contributed by atoms with E-state index in [2.05, 4.69) is 6.58 Å². The van der Waals surface area contributed by atoms with Gasteiger partial charge in [-0.3, -0.25) is 0 Å². The van der Waals surface area contributed by atoms with Crippen molar-refractivity contribution in [1.29, 1.82) is 0 Å². The average Bonchev–Trinajstić information content (AvgIpc) is 2.31. The van der Waals surface area contributed by atoms with Gasteiger partial charge in [0, 0.05) is 6.54 Å². The minimum atomic E-state index is -0.193. The van der Waals surface area contributed by atoms with Gasteiger partial charge in [0.15, 0.2) is 0 Å². The zero-order chi connectivity index (χ0) is 7.40. The fourth-order valence-corrected chi connectivity index (χ4v) is 0.876. The Balaban J connectivity index is 2.26. The Kier molecular flexibility index (Phi) is 2.31. The molecule has 0 atom stereocenters. The van der Waals surface area contributed by atoms with Crippen LogP contribution in [0.25, 0.3) is 0 Å². The van der Waals surface area contributed by atoms with Gasteiger partial charge < -0.3 is 9.64 Å². The molecule has 0 aromatic heterocycles. The van der Waals surface area contributed by atoms with Crippen LogP contribution < -0.4 is 0 Å². The predicted molar refractivity (Wildman–Crippen MR) is 37.7 cm³/mol. The summed E-state index contributed by atoms with van der Waals surface area (Å²) in [6, 6.07) is 0. The Labute approximate surface area is 60.3 Å². The van der Waals surface area contributed by atoms with E-state index in [0.717, 1.165) is 19.5 Å². The van der Waals surface area contributed by atoms with E-state index in [1.165, 1.54) is 0 Å². The minimum Gasteiger partial charge on any atom is -0.448 e. The van der Waals surface area contributed by atoms with E-state index < -0.39 is 0 Å². The maximum absolute atomic E-state index is 10.7. The van der Waals surface area contributed by atoms with Crippen molar-refractivity contribution >= 4 is 6.09 Å². The predicted octanol–water partition coefficient (Wildman–Crippen LogP) is 1.01. The molecule has 10 heavy (non-hydrogen) atoms. The van der Waals surface area contributed by atoms with Crippen LogP contribution >= 0.6 is 0 Å². The second-order valence-electron chi connectivity index (χ2n) is 2.18. The van der Waals surface area contributed by atoms with E-state index in [4.69, 9.17) is 4.74 Å². The van der Waals surface area contributed by atoms with E-state index >= 15 is 0 Å². The number of carbonyl (C=O) groups excluding carboxylic acids is 1. The molecule has 0 saturated carbocycles. The lowest BCUT2D eigenvalue weighted by molar-refractivity contribution is 0.159. The van der Waals surface area contributed by atoms with Gasteiger partial charge in [-0.25, -0.2) is 4.79 Å². The van der Waals surface area contributed by atoms with E-state index in [9.17, 15) is 4.79 Å². The highest BCUT2D eigenvalue weighted by Gasteiger charge is 2.19. The molecular formula is C7H11NO2. The molecule has 1 rings (SSSR count). The van der Waals surface area contributed by atoms with Crippen molar-refractivity contribution in [2.45, 2.75) is 6.42 Å². The molecule has 1 amide bonds. The van der Waals surface area contributed by atoms with Crippen LogP contribution in [-0.2, 0) is 4.74 Å². The second-order valence-corrected chi connectivity index (χ2v) is 2.18. The number of cyclic esters (lactones) is 1. The summed E-state index contributed by atoms with van der Waals surface area (Å²) in [6.45, 7) is 5.57. The van der Waals surface area contributed by atoms with Gasteiger partial charge in [0.2, 0.25) is 0 Å². The van der Waals surface area contributed by atoms with Crippen LogP contribution in [0.5, 0.6) is 0 Å². The summed E-state index contributed by atoms with van der Waals surface area (Å²) in [5, 5.41) is 0. The van der Waals surface area contributed by atoms with E-state index in [1.54, 1.807) is 11.0 Å². The zero-order valence-corrected chi connectivity index (χ0v) is 5.88. The Hall–Kier alpha value is -0.990.